The molecule has 8 atom stereocenters. The van der Waals surface area contributed by atoms with Gasteiger partial charge in [-0.05, 0) is 81.0 Å². The average molecular weight is 335 g/mol. The Bertz CT molecular complexity index is 553. The minimum atomic E-state index is -0.542. The molecule has 3 fully saturated rings. The lowest BCUT2D eigenvalue weighted by Gasteiger charge is -2.61. The van der Waals surface area contributed by atoms with Crippen LogP contribution in [0.4, 0.5) is 0 Å². The van der Waals surface area contributed by atoms with Crippen molar-refractivity contribution in [2.75, 3.05) is 6.61 Å². The van der Waals surface area contributed by atoms with Crippen LogP contribution in [0.25, 0.3) is 0 Å². The number of fused-ring (bicyclic) bond motifs is 5. The van der Waals surface area contributed by atoms with Gasteiger partial charge in [0.15, 0.2) is 0 Å². The standard InChI is InChI=1S/C21H34O3/c1-13-10-15(23)11-14-4-5-16-17-7-9-20(3,24)19(17,2)8-6-18(16)21(13,14)12-22/h11,13,15-18,22-24H,4-10,12H2,1-3H3/t13-,15-,16-,17-,18-,19-,20-,21-/m0/s1. The fraction of sp³-hybridized carbons (Fsp3) is 0.905. The molecule has 0 aromatic carbocycles. The highest BCUT2D eigenvalue weighted by Crippen LogP contribution is 2.68. The van der Waals surface area contributed by atoms with E-state index in [0.717, 1.165) is 44.9 Å². The normalized spacial score (nSPS) is 56.9. The van der Waals surface area contributed by atoms with Crippen LogP contribution < -0.4 is 0 Å². The molecule has 4 rings (SSSR count). The van der Waals surface area contributed by atoms with Gasteiger partial charge in [-0.1, -0.05) is 25.5 Å². The van der Waals surface area contributed by atoms with Crippen molar-refractivity contribution in [3.63, 3.8) is 0 Å². The molecule has 24 heavy (non-hydrogen) atoms. The second-order valence-electron chi connectivity index (χ2n) is 9.78. The number of aliphatic hydroxyl groups is 3. The van der Waals surface area contributed by atoms with Gasteiger partial charge in [-0.15, -0.1) is 0 Å². The van der Waals surface area contributed by atoms with Gasteiger partial charge in [0.1, 0.15) is 0 Å². The van der Waals surface area contributed by atoms with Crippen LogP contribution in [0.3, 0.4) is 0 Å². The highest BCUT2D eigenvalue weighted by molar-refractivity contribution is 5.28. The van der Waals surface area contributed by atoms with Gasteiger partial charge in [0.05, 0.1) is 18.3 Å². The van der Waals surface area contributed by atoms with Crippen LogP contribution in [0, 0.1) is 34.5 Å². The Labute approximate surface area is 146 Å². The summed E-state index contributed by atoms with van der Waals surface area (Å²) in [6.07, 6.45) is 8.88. The Morgan fingerprint density at radius 2 is 1.83 bits per heavy atom. The van der Waals surface area contributed by atoms with E-state index in [9.17, 15) is 15.3 Å². The Balaban J connectivity index is 1.74. The molecule has 136 valence electrons. The molecule has 0 aromatic rings. The minimum absolute atomic E-state index is 0.0312. The predicted molar refractivity (Wildman–Crippen MR) is 94.3 cm³/mol. The Kier molecular flexibility index (Phi) is 3.77. The van der Waals surface area contributed by atoms with Crippen molar-refractivity contribution >= 4 is 0 Å². The zero-order chi connectivity index (χ0) is 17.3. The van der Waals surface area contributed by atoms with Crippen molar-refractivity contribution in [2.24, 2.45) is 34.5 Å². The molecule has 3 saturated carbocycles. The van der Waals surface area contributed by atoms with Crippen molar-refractivity contribution in [1.29, 1.82) is 0 Å². The molecule has 3 N–H and O–H groups in total. The molecule has 0 radical (unpaired) electrons. The van der Waals surface area contributed by atoms with Gasteiger partial charge in [-0.3, -0.25) is 0 Å². The Morgan fingerprint density at radius 1 is 1.12 bits per heavy atom. The second kappa shape index (κ2) is 5.31. The number of hydrogen-bond donors (Lipinski definition) is 3. The highest BCUT2D eigenvalue weighted by Gasteiger charge is 2.64. The van der Waals surface area contributed by atoms with Gasteiger partial charge in [-0.25, -0.2) is 0 Å². The van der Waals surface area contributed by atoms with Crippen LogP contribution in [-0.2, 0) is 0 Å². The van der Waals surface area contributed by atoms with Crippen molar-refractivity contribution in [2.45, 2.75) is 77.4 Å². The smallest absolute Gasteiger partial charge is 0.0726 e. The summed E-state index contributed by atoms with van der Waals surface area (Å²) in [5.74, 6) is 2.03. The largest absolute Gasteiger partial charge is 0.395 e. The molecule has 4 aliphatic carbocycles. The molecule has 0 unspecified atom stereocenters. The van der Waals surface area contributed by atoms with E-state index < -0.39 is 5.60 Å². The first kappa shape index (κ1) is 17.1. The lowest BCUT2D eigenvalue weighted by molar-refractivity contribution is -0.137. The highest BCUT2D eigenvalue weighted by atomic mass is 16.3. The van der Waals surface area contributed by atoms with Gasteiger partial charge in [0.2, 0.25) is 0 Å². The fourth-order valence-electron chi connectivity index (χ4n) is 7.53. The zero-order valence-corrected chi connectivity index (χ0v) is 15.5. The van der Waals surface area contributed by atoms with E-state index in [2.05, 4.69) is 19.9 Å². The molecule has 0 saturated heterocycles. The Hall–Kier alpha value is -0.380. The molecule has 3 nitrogen and oxygen atoms in total. The van der Waals surface area contributed by atoms with Gasteiger partial charge in [0, 0.05) is 5.41 Å². The molecular formula is C21H34O3. The summed E-state index contributed by atoms with van der Waals surface area (Å²) in [4.78, 5) is 0. The molecular weight excluding hydrogens is 300 g/mol. The monoisotopic (exact) mass is 334 g/mol. The van der Waals surface area contributed by atoms with E-state index in [4.69, 9.17) is 0 Å². The average Bonchev–Trinajstić information content (AvgIpc) is 2.77. The Morgan fingerprint density at radius 3 is 2.54 bits per heavy atom. The van der Waals surface area contributed by atoms with Gasteiger partial charge >= 0.3 is 0 Å². The number of aliphatic hydroxyl groups excluding tert-OH is 2. The third-order valence-corrected chi connectivity index (χ3v) is 9.14. The quantitative estimate of drug-likeness (QED) is 0.645. The maximum Gasteiger partial charge on any atom is 0.0726 e. The summed E-state index contributed by atoms with van der Waals surface area (Å²) >= 11 is 0. The van der Waals surface area contributed by atoms with Crippen LogP contribution >= 0.6 is 0 Å². The minimum Gasteiger partial charge on any atom is -0.395 e. The maximum atomic E-state index is 11.0. The van der Waals surface area contributed by atoms with Gasteiger partial charge < -0.3 is 15.3 Å². The van der Waals surface area contributed by atoms with E-state index in [1.54, 1.807) is 0 Å². The summed E-state index contributed by atoms with van der Waals surface area (Å²) in [5.41, 5.74) is 0.687. The van der Waals surface area contributed by atoms with Crippen molar-refractivity contribution in [3.05, 3.63) is 11.6 Å². The topological polar surface area (TPSA) is 60.7 Å². The maximum absolute atomic E-state index is 11.0. The summed E-state index contributed by atoms with van der Waals surface area (Å²) in [6, 6.07) is 0. The third kappa shape index (κ3) is 1.95. The summed E-state index contributed by atoms with van der Waals surface area (Å²) in [7, 11) is 0. The molecule has 3 heteroatoms. The van der Waals surface area contributed by atoms with E-state index in [0.29, 0.717) is 23.7 Å². The zero-order valence-electron chi connectivity index (χ0n) is 15.5. The van der Waals surface area contributed by atoms with E-state index in [1.165, 1.54) is 5.57 Å². The molecule has 0 bridgehead atoms. The summed E-state index contributed by atoms with van der Waals surface area (Å²) in [5, 5.41) is 31.7. The van der Waals surface area contributed by atoms with Gasteiger partial charge in [0.25, 0.3) is 0 Å². The summed E-state index contributed by atoms with van der Waals surface area (Å²) < 4.78 is 0. The van der Waals surface area contributed by atoms with E-state index >= 15 is 0 Å². The lowest BCUT2D eigenvalue weighted by Crippen LogP contribution is -2.57. The van der Waals surface area contributed by atoms with E-state index in [-0.39, 0.29) is 23.5 Å². The first-order valence-corrected chi connectivity index (χ1v) is 9.99. The molecule has 0 amide bonds. The van der Waals surface area contributed by atoms with Crippen LogP contribution in [0.5, 0.6) is 0 Å². The van der Waals surface area contributed by atoms with Crippen LogP contribution in [0.2, 0.25) is 0 Å². The molecule has 0 aromatic heterocycles. The van der Waals surface area contributed by atoms with Crippen LogP contribution in [-0.4, -0.2) is 33.6 Å². The third-order valence-electron chi connectivity index (χ3n) is 9.14. The second-order valence-corrected chi connectivity index (χ2v) is 9.78. The molecule has 0 spiro atoms. The number of hydrogen-bond acceptors (Lipinski definition) is 3. The van der Waals surface area contributed by atoms with Gasteiger partial charge in [-0.2, -0.15) is 0 Å². The van der Waals surface area contributed by atoms with Crippen molar-refractivity contribution in [1.82, 2.24) is 0 Å². The first-order valence-electron chi connectivity index (χ1n) is 9.99. The molecule has 0 aliphatic heterocycles. The molecule has 4 aliphatic rings. The number of rotatable bonds is 1. The van der Waals surface area contributed by atoms with Crippen molar-refractivity contribution in [3.8, 4) is 0 Å². The summed E-state index contributed by atoms with van der Waals surface area (Å²) in [6.45, 7) is 6.80. The lowest BCUT2D eigenvalue weighted by atomic mass is 9.44. The predicted octanol–water partition coefficient (Wildman–Crippen LogP) is 3.28. The van der Waals surface area contributed by atoms with E-state index in [1.807, 2.05) is 6.92 Å². The SMILES string of the molecule is C[C@H]1C[C@H](O)C=C2CC[C@@H]3[C@H](CC[C@@]4(C)[C@H]3CC[C@]4(C)O)[C@]21CO. The van der Waals surface area contributed by atoms with Crippen molar-refractivity contribution < 1.29 is 15.3 Å². The fourth-order valence-corrected chi connectivity index (χ4v) is 7.53. The van der Waals surface area contributed by atoms with Crippen LogP contribution in [0.1, 0.15) is 65.7 Å². The van der Waals surface area contributed by atoms with Crippen LogP contribution in [0.15, 0.2) is 11.6 Å². The first-order chi connectivity index (χ1) is 11.3. The molecule has 0 heterocycles.